The maximum Gasteiger partial charge on any atom is 0.109 e. The van der Waals surface area contributed by atoms with Gasteiger partial charge in [-0.2, -0.15) is 0 Å². The maximum atomic E-state index is 9.90. The number of nitrogens with zero attached hydrogens (tertiary/aromatic N) is 2. The number of halogens is 1. The zero-order chi connectivity index (χ0) is 19.8. The van der Waals surface area contributed by atoms with Gasteiger partial charge >= 0.3 is 0 Å². The van der Waals surface area contributed by atoms with Crippen LogP contribution in [0.4, 0.5) is 0 Å². The Kier molecular flexibility index (Phi) is 7.46. The van der Waals surface area contributed by atoms with Gasteiger partial charge in [0, 0.05) is 11.4 Å². The lowest BCUT2D eigenvalue weighted by atomic mass is 10.0. The van der Waals surface area contributed by atoms with Crippen LogP contribution in [0.2, 0.25) is 5.02 Å². The second kappa shape index (κ2) is 10.3. The van der Waals surface area contributed by atoms with Crippen molar-refractivity contribution in [2.24, 2.45) is 0 Å². The van der Waals surface area contributed by atoms with E-state index in [1.165, 1.54) is 5.56 Å². The van der Waals surface area contributed by atoms with Crippen molar-refractivity contribution in [2.45, 2.75) is 39.2 Å². The molecule has 3 nitrogen and oxygen atoms in total. The van der Waals surface area contributed by atoms with Crippen LogP contribution in [0.1, 0.15) is 42.4 Å². The molecule has 0 amide bonds. The second-order valence-electron chi connectivity index (χ2n) is 7.00. The molecule has 0 aliphatic heterocycles. The minimum Gasteiger partial charge on any atom is -0.392 e. The molecule has 3 rings (SSSR count). The van der Waals surface area contributed by atoms with Crippen molar-refractivity contribution in [3.8, 4) is 0 Å². The first-order chi connectivity index (χ1) is 13.7. The fourth-order valence-electron chi connectivity index (χ4n) is 3.28. The molecule has 1 N–H and O–H groups in total. The van der Waals surface area contributed by atoms with Crippen LogP contribution in [0.15, 0.2) is 66.4 Å². The summed E-state index contributed by atoms with van der Waals surface area (Å²) in [4.78, 5) is 4.67. The summed E-state index contributed by atoms with van der Waals surface area (Å²) in [5.74, 6) is 1.06. The topological polar surface area (TPSA) is 38.1 Å². The molecule has 1 aromatic heterocycles. The van der Waals surface area contributed by atoms with Crippen LogP contribution in [0, 0.1) is 0 Å². The first kappa shape index (κ1) is 20.4. The molecule has 0 fully saturated rings. The summed E-state index contributed by atoms with van der Waals surface area (Å²) in [5, 5.41) is 10.7. The van der Waals surface area contributed by atoms with Crippen molar-refractivity contribution in [2.75, 3.05) is 6.61 Å². The summed E-state index contributed by atoms with van der Waals surface area (Å²) in [5.41, 5.74) is 4.23. The zero-order valence-electron chi connectivity index (χ0n) is 16.3. The molecule has 3 aromatic rings. The Hall–Kier alpha value is -2.36. The molecule has 0 bridgehead atoms. The minimum atomic E-state index is 0.0243. The Labute approximate surface area is 172 Å². The molecule has 28 heavy (non-hydrogen) atoms. The third-order valence-corrected chi connectivity index (χ3v) is 5.21. The molecule has 1 heterocycles. The third kappa shape index (κ3) is 5.34. The van der Waals surface area contributed by atoms with E-state index in [1.807, 2.05) is 42.6 Å². The lowest BCUT2D eigenvalue weighted by molar-refractivity contribution is 0.329. The number of aliphatic hydroxyl groups excluding tert-OH is 1. The van der Waals surface area contributed by atoms with E-state index in [0.29, 0.717) is 6.54 Å². The predicted molar refractivity (Wildman–Crippen MR) is 117 cm³/mol. The van der Waals surface area contributed by atoms with Crippen LogP contribution in [0.25, 0.3) is 6.08 Å². The molecule has 0 atom stereocenters. The lowest BCUT2D eigenvalue weighted by Crippen LogP contribution is -2.08. The van der Waals surface area contributed by atoms with Gasteiger partial charge in [-0.1, -0.05) is 73.5 Å². The van der Waals surface area contributed by atoms with Crippen molar-refractivity contribution in [1.82, 2.24) is 9.55 Å². The highest BCUT2D eigenvalue weighted by Gasteiger charge is 2.11. The second-order valence-corrected chi connectivity index (χ2v) is 7.41. The van der Waals surface area contributed by atoms with Crippen molar-refractivity contribution in [1.29, 1.82) is 0 Å². The Morgan fingerprint density at radius 2 is 1.86 bits per heavy atom. The largest absolute Gasteiger partial charge is 0.392 e. The zero-order valence-corrected chi connectivity index (χ0v) is 17.1. The van der Waals surface area contributed by atoms with E-state index in [2.05, 4.69) is 40.7 Å². The molecule has 0 unspecified atom stereocenters. The molecule has 0 radical (unpaired) electrons. The molecule has 0 spiro atoms. The fourth-order valence-corrected chi connectivity index (χ4v) is 3.47. The summed E-state index contributed by atoms with van der Waals surface area (Å²) in [6.07, 6.45) is 7.84. The molecule has 0 saturated heterocycles. The van der Waals surface area contributed by atoms with Gasteiger partial charge in [-0.25, -0.2) is 4.98 Å². The average Bonchev–Trinajstić information content (AvgIpc) is 3.09. The SMILES string of the molecule is CCCCc1ncc(/C=C(/CO)Cc2ccccc2)n1Cc1ccccc1Cl. The Morgan fingerprint density at radius 1 is 1.11 bits per heavy atom. The Morgan fingerprint density at radius 3 is 2.57 bits per heavy atom. The van der Waals surface area contributed by atoms with Gasteiger partial charge in [0.25, 0.3) is 0 Å². The summed E-state index contributed by atoms with van der Waals surface area (Å²) in [6, 6.07) is 18.1. The lowest BCUT2D eigenvalue weighted by Gasteiger charge is -2.13. The highest BCUT2D eigenvalue weighted by Crippen LogP contribution is 2.21. The summed E-state index contributed by atoms with van der Waals surface area (Å²) >= 11 is 6.40. The van der Waals surface area contributed by atoms with E-state index >= 15 is 0 Å². The van der Waals surface area contributed by atoms with Gasteiger partial charge in [0.05, 0.1) is 25.0 Å². The van der Waals surface area contributed by atoms with E-state index in [0.717, 1.165) is 53.4 Å². The standard InChI is InChI=1S/C24H27ClN2O/c1-2-3-13-24-26-16-22(27(24)17-21-11-7-8-12-23(21)25)15-20(18-28)14-19-9-5-4-6-10-19/h4-12,15-16,28H,2-3,13-14,17-18H2,1H3/b20-15+. The first-order valence-corrected chi connectivity index (χ1v) is 10.2. The predicted octanol–water partition coefficient (Wildman–Crippen LogP) is 5.55. The third-order valence-electron chi connectivity index (χ3n) is 4.84. The van der Waals surface area contributed by atoms with Crippen LogP contribution in [0.3, 0.4) is 0 Å². The number of hydrogen-bond acceptors (Lipinski definition) is 2. The smallest absolute Gasteiger partial charge is 0.109 e. The van der Waals surface area contributed by atoms with Crippen molar-refractivity contribution < 1.29 is 5.11 Å². The minimum absolute atomic E-state index is 0.0243. The quantitative estimate of drug-likeness (QED) is 0.517. The van der Waals surface area contributed by atoms with Gasteiger partial charge in [0.2, 0.25) is 0 Å². The van der Waals surface area contributed by atoms with Crippen LogP contribution < -0.4 is 0 Å². The molecule has 0 saturated carbocycles. The maximum absolute atomic E-state index is 9.90. The molecule has 0 aliphatic rings. The molecular weight excluding hydrogens is 368 g/mol. The molecular formula is C24H27ClN2O. The van der Waals surface area contributed by atoms with E-state index < -0.39 is 0 Å². The van der Waals surface area contributed by atoms with Crippen LogP contribution in [-0.2, 0) is 19.4 Å². The van der Waals surface area contributed by atoms with Crippen LogP contribution in [-0.4, -0.2) is 21.3 Å². The highest BCUT2D eigenvalue weighted by molar-refractivity contribution is 6.31. The van der Waals surface area contributed by atoms with Gasteiger partial charge in [-0.15, -0.1) is 0 Å². The number of aliphatic hydroxyl groups is 1. The molecule has 4 heteroatoms. The van der Waals surface area contributed by atoms with E-state index in [1.54, 1.807) is 0 Å². The summed E-state index contributed by atoms with van der Waals surface area (Å²) < 4.78 is 2.22. The van der Waals surface area contributed by atoms with E-state index in [4.69, 9.17) is 11.6 Å². The van der Waals surface area contributed by atoms with Gasteiger partial charge in [-0.3, -0.25) is 0 Å². The van der Waals surface area contributed by atoms with Crippen molar-refractivity contribution >= 4 is 17.7 Å². The van der Waals surface area contributed by atoms with E-state index in [9.17, 15) is 5.11 Å². The van der Waals surface area contributed by atoms with Gasteiger partial charge < -0.3 is 9.67 Å². The molecule has 146 valence electrons. The highest BCUT2D eigenvalue weighted by atomic mass is 35.5. The number of unbranched alkanes of at least 4 members (excludes halogenated alkanes) is 1. The number of benzene rings is 2. The number of aryl methyl sites for hydroxylation is 1. The van der Waals surface area contributed by atoms with Gasteiger partial charge in [-0.05, 0) is 41.7 Å². The van der Waals surface area contributed by atoms with Crippen LogP contribution >= 0.6 is 11.6 Å². The average molecular weight is 395 g/mol. The van der Waals surface area contributed by atoms with Crippen LogP contribution in [0.5, 0.6) is 0 Å². The monoisotopic (exact) mass is 394 g/mol. The molecule has 2 aromatic carbocycles. The number of hydrogen-bond donors (Lipinski definition) is 1. The summed E-state index contributed by atoms with van der Waals surface area (Å²) in [6.45, 7) is 2.89. The van der Waals surface area contributed by atoms with Gasteiger partial charge in [0.1, 0.15) is 5.82 Å². The number of imidazole rings is 1. The molecule has 0 aliphatic carbocycles. The first-order valence-electron chi connectivity index (χ1n) is 9.83. The Bertz CT molecular complexity index is 915. The van der Waals surface area contributed by atoms with Crippen molar-refractivity contribution in [3.63, 3.8) is 0 Å². The van der Waals surface area contributed by atoms with Gasteiger partial charge in [0.15, 0.2) is 0 Å². The Balaban J connectivity index is 1.92. The number of aromatic nitrogens is 2. The van der Waals surface area contributed by atoms with Crippen molar-refractivity contribution in [3.05, 3.63) is 94.0 Å². The summed E-state index contributed by atoms with van der Waals surface area (Å²) in [7, 11) is 0. The number of rotatable bonds is 9. The normalized spacial score (nSPS) is 11.8. The fraction of sp³-hybridized carbons (Fsp3) is 0.292. The van der Waals surface area contributed by atoms with E-state index in [-0.39, 0.29) is 6.61 Å².